The van der Waals surface area contributed by atoms with Crippen molar-refractivity contribution in [1.82, 2.24) is 25.5 Å². The van der Waals surface area contributed by atoms with E-state index < -0.39 is 51.1 Å². The number of piperidine rings is 1. The van der Waals surface area contributed by atoms with Crippen molar-refractivity contribution in [2.45, 2.75) is 108 Å². The van der Waals surface area contributed by atoms with E-state index >= 15 is 0 Å². The Hall–Kier alpha value is -6.18. The van der Waals surface area contributed by atoms with Gasteiger partial charge in [-0.05, 0) is 118 Å². The number of halogens is 1. The number of nitrogens with zero attached hydrogens (tertiary/aromatic N) is 4. The van der Waals surface area contributed by atoms with Crippen LogP contribution in [0.1, 0.15) is 82.9 Å². The number of aryl methyl sites for hydroxylation is 1. The highest BCUT2D eigenvalue weighted by Crippen LogP contribution is 2.43. The molecule has 6 rings (SSSR count). The van der Waals surface area contributed by atoms with Gasteiger partial charge in [-0.2, -0.15) is 4.98 Å². The zero-order valence-electron chi connectivity index (χ0n) is 38.7. The summed E-state index contributed by atoms with van der Waals surface area (Å²) in [6, 6.07) is 15.3. The third-order valence-electron chi connectivity index (χ3n) is 11.8. The van der Waals surface area contributed by atoms with Gasteiger partial charge in [0.25, 0.3) is 0 Å². The maximum absolute atomic E-state index is 13.2. The number of carbonyl (C=O) groups is 4. The predicted molar refractivity (Wildman–Crippen MR) is 258 cm³/mol. The predicted octanol–water partition coefficient (Wildman–Crippen LogP) is 6.65. The van der Waals surface area contributed by atoms with Gasteiger partial charge < -0.3 is 52.0 Å². The summed E-state index contributed by atoms with van der Waals surface area (Å²) in [4.78, 5) is 63.4. The van der Waals surface area contributed by atoms with Crippen LogP contribution in [0, 0.1) is 12.8 Å². The smallest absolute Gasteiger partial charge is 0.410 e. The van der Waals surface area contributed by atoms with Crippen molar-refractivity contribution in [3.63, 3.8) is 0 Å². The average Bonchev–Trinajstić information content (AvgIpc) is 3.29. The second kappa shape index (κ2) is 22.1. The van der Waals surface area contributed by atoms with Gasteiger partial charge in [0.05, 0.1) is 40.3 Å². The van der Waals surface area contributed by atoms with E-state index in [1.54, 1.807) is 67.3 Å². The van der Waals surface area contributed by atoms with Crippen molar-refractivity contribution in [3.8, 4) is 5.75 Å². The highest BCUT2D eigenvalue weighted by Gasteiger charge is 2.32. The first-order chi connectivity index (χ1) is 31.8. The first-order valence-corrected chi connectivity index (χ1v) is 24.4. The number of fused-ring (bicyclic) bond motifs is 1. The van der Waals surface area contributed by atoms with Crippen molar-refractivity contribution >= 4 is 74.2 Å². The van der Waals surface area contributed by atoms with Crippen LogP contribution in [0.15, 0.2) is 71.8 Å². The zero-order chi connectivity index (χ0) is 48.6. The van der Waals surface area contributed by atoms with Crippen molar-refractivity contribution in [2.24, 2.45) is 17.4 Å². The van der Waals surface area contributed by atoms with Gasteiger partial charge in [0, 0.05) is 25.3 Å². The minimum Gasteiger partial charge on any atom is -0.487 e. The lowest BCUT2D eigenvalue weighted by Gasteiger charge is -2.36. The summed E-state index contributed by atoms with van der Waals surface area (Å²) in [5.74, 6) is 0.455. The minimum atomic E-state index is -3.60. The summed E-state index contributed by atoms with van der Waals surface area (Å²) in [7, 11) is -3.60. The van der Waals surface area contributed by atoms with Crippen LogP contribution >= 0.6 is 11.6 Å². The Morgan fingerprint density at radius 1 is 1.00 bits per heavy atom. The molecule has 1 saturated heterocycles. The number of aromatic nitrogens is 2. The monoisotopic (exact) mass is 960 g/mol. The SMILES string of the molecule is Cc1cc2c(cc1C1CCN(C(=O)OCc3ccc(NC(=O)[C@H](CCCNC(N)=O)NC(=O)[C@@H](N)C(C)C)cc3)CC1)OC(C)CN2c1ncc(Cl)c(Nc2ccccc2S(=O)(=O)C(C)C)n1. The number of carbonyl (C=O) groups excluding carboxylic acids is 4. The Morgan fingerprint density at radius 2 is 1.70 bits per heavy atom. The molecule has 2 aliphatic heterocycles. The number of hydrogen-bond donors (Lipinski definition) is 6. The highest BCUT2D eigenvalue weighted by atomic mass is 35.5. The maximum Gasteiger partial charge on any atom is 0.410 e. The number of nitrogens with one attached hydrogen (secondary N) is 4. The van der Waals surface area contributed by atoms with Crippen LogP contribution in [0.5, 0.6) is 5.75 Å². The van der Waals surface area contributed by atoms with Gasteiger partial charge in [0.15, 0.2) is 15.7 Å². The Morgan fingerprint density at radius 3 is 2.37 bits per heavy atom. The number of hydrogen-bond acceptors (Lipinski definition) is 13. The minimum absolute atomic E-state index is 0.0316. The number of benzene rings is 3. The third-order valence-corrected chi connectivity index (χ3v) is 14.3. The average molecular weight is 962 g/mol. The number of sulfone groups is 1. The Balaban J connectivity index is 1.04. The lowest BCUT2D eigenvalue weighted by Crippen LogP contribution is -2.51. The Labute approximate surface area is 396 Å². The lowest BCUT2D eigenvalue weighted by atomic mass is 9.86. The van der Waals surface area contributed by atoms with Crippen LogP contribution in [-0.4, -0.2) is 96.8 Å². The van der Waals surface area contributed by atoms with E-state index in [1.807, 2.05) is 25.7 Å². The molecule has 4 aromatic rings. The number of amides is 5. The number of anilines is 5. The number of ether oxygens (including phenoxy) is 2. The van der Waals surface area contributed by atoms with Gasteiger partial charge in [0.1, 0.15) is 29.5 Å². The Bertz CT molecular complexity index is 2540. The van der Waals surface area contributed by atoms with Crippen LogP contribution in [0.3, 0.4) is 0 Å². The van der Waals surface area contributed by atoms with E-state index in [1.165, 1.54) is 6.20 Å². The van der Waals surface area contributed by atoms with Gasteiger partial charge >= 0.3 is 12.1 Å². The molecule has 18 nitrogen and oxygen atoms in total. The summed E-state index contributed by atoms with van der Waals surface area (Å²) in [5, 5.41) is 10.8. The van der Waals surface area contributed by atoms with Crippen LogP contribution in [-0.2, 0) is 30.8 Å². The summed E-state index contributed by atoms with van der Waals surface area (Å²) in [6.07, 6.45) is 2.93. The van der Waals surface area contributed by atoms with E-state index in [9.17, 15) is 27.6 Å². The van der Waals surface area contributed by atoms with Crippen LogP contribution < -0.4 is 42.4 Å². The van der Waals surface area contributed by atoms with Gasteiger partial charge in [-0.15, -0.1) is 0 Å². The fourth-order valence-electron chi connectivity index (χ4n) is 7.89. The third kappa shape index (κ3) is 12.6. The van der Waals surface area contributed by atoms with E-state index in [0.717, 1.165) is 35.2 Å². The molecule has 1 unspecified atom stereocenters. The number of likely N-dealkylation sites (tertiary alicyclic amines) is 1. The second-order valence-electron chi connectivity index (χ2n) is 17.6. The fraction of sp³-hybridized carbons (Fsp3) is 0.447. The molecule has 0 spiro atoms. The standard InChI is InChI=1S/C47H61ClN10O8S/c1-27(2)41(49)44(60)55-37(11-9-19-51-45(50)61)43(59)53-33-15-13-31(14-16-33)26-65-47(62)57-20-17-32(18-21-57)34-23-39-38(22-29(34)5)58(25-30(6)66-39)46-52-24-35(48)42(56-46)54-36-10-7-8-12-40(36)67(63,64)28(3)4/h7-8,10,12-16,22-24,27-28,30,32,37,41H,9,11,17-21,25-26,49H2,1-6H3,(H,53,59)(H,55,60)(H3,50,51,61)(H,52,54,56)/t30?,37-,41-/m0/s1. The van der Waals surface area contributed by atoms with Crippen LogP contribution in [0.4, 0.5) is 38.4 Å². The molecule has 360 valence electrons. The first kappa shape index (κ1) is 50.2. The first-order valence-electron chi connectivity index (χ1n) is 22.4. The normalized spacial score (nSPS) is 16.1. The zero-order valence-corrected chi connectivity index (χ0v) is 40.2. The highest BCUT2D eigenvalue weighted by molar-refractivity contribution is 7.92. The molecule has 0 saturated carbocycles. The lowest BCUT2D eigenvalue weighted by molar-refractivity contribution is -0.128. The number of nitrogens with two attached hydrogens (primary N) is 2. The Kier molecular flexibility index (Phi) is 16.6. The van der Waals surface area contributed by atoms with Crippen molar-refractivity contribution in [1.29, 1.82) is 0 Å². The molecular formula is C47H61ClN10O8S. The summed E-state index contributed by atoms with van der Waals surface area (Å²) < 4.78 is 38.4. The quantitative estimate of drug-likeness (QED) is 0.0607. The molecule has 0 bridgehead atoms. The molecule has 3 atom stereocenters. The number of urea groups is 1. The van der Waals surface area contributed by atoms with Gasteiger partial charge in [-0.3, -0.25) is 9.59 Å². The summed E-state index contributed by atoms with van der Waals surface area (Å²) in [5.41, 5.74) is 15.7. The van der Waals surface area contributed by atoms with Gasteiger partial charge in [0.2, 0.25) is 17.8 Å². The number of para-hydroxylation sites is 1. The molecular weight excluding hydrogens is 900 g/mol. The molecule has 2 aliphatic rings. The molecule has 3 heterocycles. The molecule has 1 fully saturated rings. The van der Waals surface area contributed by atoms with Crippen LogP contribution in [0.25, 0.3) is 0 Å². The van der Waals surface area contributed by atoms with Crippen molar-refractivity contribution < 1.29 is 37.1 Å². The molecule has 1 aromatic heterocycles. The second-order valence-corrected chi connectivity index (χ2v) is 20.4. The molecule has 0 radical (unpaired) electrons. The summed E-state index contributed by atoms with van der Waals surface area (Å²) >= 11 is 6.57. The van der Waals surface area contributed by atoms with E-state index in [-0.39, 0.29) is 53.2 Å². The molecule has 8 N–H and O–H groups in total. The molecule has 5 amide bonds. The van der Waals surface area contributed by atoms with Gasteiger partial charge in [-0.1, -0.05) is 49.7 Å². The van der Waals surface area contributed by atoms with Crippen molar-refractivity contribution in [2.75, 3.05) is 41.7 Å². The van der Waals surface area contributed by atoms with Gasteiger partial charge in [-0.25, -0.2) is 23.0 Å². The molecule has 20 heteroatoms. The molecule has 67 heavy (non-hydrogen) atoms. The fourth-order valence-corrected chi connectivity index (χ4v) is 9.23. The largest absolute Gasteiger partial charge is 0.487 e. The molecule has 3 aromatic carbocycles. The maximum atomic E-state index is 13.2. The number of rotatable bonds is 17. The van der Waals surface area contributed by atoms with Crippen molar-refractivity contribution in [3.05, 3.63) is 88.6 Å². The van der Waals surface area contributed by atoms with E-state index in [0.29, 0.717) is 49.1 Å². The molecule has 0 aliphatic carbocycles. The summed E-state index contributed by atoms with van der Waals surface area (Å²) in [6.45, 7) is 12.7. The topological polar surface area (TPSA) is 253 Å². The van der Waals surface area contributed by atoms with Crippen LogP contribution in [0.2, 0.25) is 5.02 Å². The van der Waals surface area contributed by atoms with E-state index in [2.05, 4.69) is 45.3 Å². The van der Waals surface area contributed by atoms with E-state index in [4.69, 9.17) is 37.5 Å². The number of primary amides is 1.